The average molecular weight is 665 g/mol. The van der Waals surface area contributed by atoms with E-state index in [9.17, 15) is 19.5 Å². The maximum absolute atomic E-state index is 13.7. The highest BCUT2D eigenvalue weighted by Gasteiger charge is 2.30. The molecule has 4 bridgehead atoms. The van der Waals surface area contributed by atoms with Gasteiger partial charge in [0.15, 0.2) is 0 Å². The number of nitrogens with one attached hydrogen (secondary N) is 4. The predicted octanol–water partition coefficient (Wildman–Crippen LogP) is 4.25. The predicted molar refractivity (Wildman–Crippen MR) is 188 cm³/mol. The molecule has 0 saturated heterocycles. The molecule has 1 aliphatic rings. The third kappa shape index (κ3) is 9.68. The monoisotopic (exact) mass is 664 g/mol. The number of fused-ring (bicyclic) bond motifs is 5. The molecule has 10 nitrogen and oxygen atoms in total. The lowest BCUT2D eigenvalue weighted by Crippen LogP contribution is -2.55. The summed E-state index contributed by atoms with van der Waals surface area (Å²) < 4.78 is 12.5. The van der Waals surface area contributed by atoms with Crippen molar-refractivity contribution in [3.8, 4) is 22.6 Å². The van der Waals surface area contributed by atoms with E-state index in [1.165, 1.54) is 0 Å². The van der Waals surface area contributed by atoms with Crippen LogP contribution in [0.5, 0.6) is 11.5 Å². The second-order valence-corrected chi connectivity index (χ2v) is 12.1. The Bertz CT molecular complexity index is 1720. The van der Waals surface area contributed by atoms with Crippen molar-refractivity contribution >= 4 is 17.8 Å². The molecule has 0 aliphatic carbocycles. The fraction of sp³-hybridized carbons (Fsp3) is 0.308. The number of hydrogen-bond acceptors (Lipinski definition) is 7. The van der Waals surface area contributed by atoms with Gasteiger partial charge in [-0.1, -0.05) is 72.8 Å². The fourth-order valence-corrected chi connectivity index (χ4v) is 5.85. The summed E-state index contributed by atoms with van der Waals surface area (Å²) in [5, 5.41) is 22.0. The van der Waals surface area contributed by atoms with Gasteiger partial charge in [0.2, 0.25) is 11.8 Å². The van der Waals surface area contributed by atoms with Crippen LogP contribution < -0.4 is 30.7 Å². The number of aliphatic carboxylic acids is 1. The summed E-state index contributed by atoms with van der Waals surface area (Å²) in [4.78, 5) is 40.0. The molecular weight excluding hydrogens is 620 g/mol. The van der Waals surface area contributed by atoms with E-state index in [-0.39, 0.29) is 18.7 Å². The summed E-state index contributed by atoms with van der Waals surface area (Å²) in [6, 6.07) is 28.2. The molecule has 10 heteroatoms. The number of benzene rings is 4. The molecule has 0 aromatic heterocycles. The minimum Gasteiger partial charge on any atom is -0.489 e. The second-order valence-electron chi connectivity index (χ2n) is 12.1. The molecule has 3 atom stereocenters. The van der Waals surface area contributed by atoms with Crippen molar-refractivity contribution in [1.82, 2.24) is 21.3 Å². The maximum atomic E-state index is 13.7. The van der Waals surface area contributed by atoms with Gasteiger partial charge in [-0.05, 0) is 91.1 Å². The lowest BCUT2D eigenvalue weighted by Gasteiger charge is -2.24. The van der Waals surface area contributed by atoms with Crippen LogP contribution in [-0.2, 0) is 40.4 Å². The van der Waals surface area contributed by atoms with Crippen molar-refractivity contribution in [3.63, 3.8) is 0 Å². The van der Waals surface area contributed by atoms with Gasteiger partial charge in [-0.3, -0.25) is 9.59 Å². The van der Waals surface area contributed by atoms with Crippen LogP contribution in [0.3, 0.4) is 0 Å². The van der Waals surface area contributed by atoms with Gasteiger partial charge < -0.3 is 35.8 Å². The third-order valence-electron chi connectivity index (χ3n) is 8.61. The van der Waals surface area contributed by atoms with Crippen molar-refractivity contribution in [3.05, 3.63) is 119 Å². The number of carboxylic acids is 1. The fourth-order valence-electron chi connectivity index (χ4n) is 5.85. The van der Waals surface area contributed by atoms with Gasteiger partial charge in [-0.2, -0.15) is 0 Å². The normalized spacial score (nSPS) is 18.0. The Morgan fingerprint density at radius 2 is 1.31 bits per heavy atom. The summed E-state index contributed by atoms with van der Waals surface area (Å²) in [6.07, 6.45) is 1.17. The number of ether oxygens (including phenoxy) is 2. The van der Waals surface area contributed by atoms with Gasteiger partial charge >= 0.3 is 5.97 Å². The Hall–Kier alpha value is -5.19. The van der Waals surface area contributed by atoms with Crippen LogP contribution in [0, 0.1) is 0 Å². The number of likely N-dealkylation sites (N-methyl/N-ethyl adjacent to an activating group) is 1. The summed E-state index contributed by atoms with van der Waals surface area (Å²) >= 11 is 0. The molecule has 0 spiro atoms. The Morgan fingerprint density at radius 3 is 1.82 bits per heavy atom. The zero-order valence-corrected chi connectivity index (χ0v) is 27.9. The van der Waals surface area contributed by atoms with E-state index < -0.39 is 30.0 Å². The molecule has 0 unspecified atom stereocenters. The van der Waals surface area contributed by atoms with Crippen LogP contribution in [0.2, 0.25) is 0 Å². The van der Waals surface area contributed by atoms with Gasteiger partial charge in [-0.15, -0.1) is 0 Å². The van der Waals surface area contributed by atoms with E-state index in [4.69, 9.17) is 9.47 Å². The van der Waals surface area contributed by atoms with Crippen molar-refractivity contribution in [1.29, 1.82) is 0 Å². The van der Waals surface area contributed by atoms with Crippen molar-refractivity contribution in [2.45, 2.75) is 57.0 Å². The SMILES string of the molecule is CNCCC[C@@H]1NC(=O)[C@@H](NC)Cc2cc(ccc2OCc2ccccc2)-c2ccc(OCc3ccccc3)c(c2)C[C@@H](C(=O)O)NC1=O. The summed E-state index contributed by atoms with van der Waals surface area (Å²) in [5.74, 6) is -0.952. The topological polar surface area (TPSA) is 138 Å². The van der Waals surface area contributed by atoms with Gasteiger partial charge in [-0.25, -0.2) is 4.79 Å². The van der Waals surface area contributed by atoms with E-state index in [0.717, 1.165) is 27.8 Å². The Kier molecular flexibility index (Phi) is 12.4. The van der Waals surface area contributed by atoms with Gasteiger partial charge in [0, 0.05) is 12.8 Å². The number of carbonyl (C=O) groups excluding carboxylic acids is 2. The lowest BCUT2D eigenvalue weighted by atomic mass is 9.95. The molecule has 49 heavy (non-hydrogen) atoms. The largest absolute Gasteiger partial charge is 0.489 e. The van der Waals surface area contributed by atoms with E-state index in [1.807, 2.05) is 104 Å². The Morgan fingerprint density at radius 1 is 0.755 bits per heavy atom. The van der Waals surface area contributed by atoms with Crippen LogP contribution in [-0.4, -0.2) is 61.7 Å². The number of rotatable bonds is 12. The van der Waals surface area contributed by atoms with Crippen LogP contribution in [0.1, 0.15) is 35.1 Å². The molecule has 4 aromatic rings. The number of carbonyl (C=O) groups is 3. The van der Waals surface area contributed by atoms with Gasteiger partial charge in [0.05, 0.1) is 6.04 Å². The van der Waals surface area contributed by atoms with Gasteiger partial charge in [0.25, 0.3) is 0 Å². The molecule has 0 fully saturated rings. The Balaban J connectivity index is 1.56. The molecule has 1 heterocycles. The molecule has 0 saturated carbocycles. The Labute approximate surface area is 287 Å². The van der Waals surface area contributed by atoms with Gasteiger partial charge in [0.1, 0.15) is 36.8 Å². The molecule has 0 radical (unpaired) electrons. The van der Waals surface area contributed by atoms with Crippen LogP contribution in [0.25, 0.3) is 11.1 Å². The van der Waals surface area contributed by atoms with Crippen molar-refractivity contribution in [2.75, 3.05) is 20.6 Å². The minimum atomic E-state index is -1.26. The first-order valence-corrected chi connectivity index (χ1v) is 16.6. The third-order valence-corrected chi connectivity index (χ3v) is 8.61. The van der Waals surface area contributed by atoms with E-state index >= 15 is 0 Å². The van der Waals surface area contributed by atoms with Crippen LogP contribution >= 0.6 is 0 Å². The van der Waals surface area contributed by atoms with E-state index in [1.54, 1.807) is 7.05 Å². The molecular formula is C39H44N4O6. The van der Waals surface area contributed by atoms with Crippen molar-refractivity contribution < 1.29 is 29.0 Å². The first-order chi connectivity index (χ1) is 23.8. The summed E-state index contributed by atoms with van der Waals surface area (Å²) in [6.45, 7) is 1.27. The van der Waals surface area contributed by atoms with Crippen LogP contribution in [0.15, 0.2) is 97.1 Å². The molecule has 256 valence electrons. The lowest BCUT2D eigenvalue weighted by molar-refractivity contribution is -0.142. The molecule has 4 aromatic carbocycles. The smallest absolute Gasteiger partial charge is 0.326 e. The summed E-state index contributed by atoms with van der Waals surface area (Å²) in [7, 11) is 3.51. The highest BCUT2D eigenvalue weighted by Crippen LogP contribution is 2.33. The standard InChI is InChI=1S/C39H44N4O6/c1-40-19-9-14-32-37(44)43-34(39(46)47)23-31-21-29(16-18-36(31)49-25-27-12-7-4-8-13-27)28-15-17-35(48-24-26-10-5-3-6-11-26)30(20-28)22-33(41-2)38(45)42-32/h3-8,10-13,15-18,20-21,32-34,40-41H,9,14,19,22-25H2,1-2H3,(H,42,45)(H,43,44)(H,46,47)/t32-,33-,34-/m0/s1. The molecule has 5 rings (SSSR count). The van der Waals surface area contributed by atoms with Crippen molar-refractivity contribution in [2.24, 2.45) is 0 Å². The molecule has 5 N–H and O–H groups in total. The van der Waals surface area contributed by atoms with E-state index in [2.05, 4.69) is 21.3 Å². The molecule has 2 amide bonds. The number of carboxylic acid groups (broad SMARTS) is 1. The highest BCUT2D eigenvalue weighted by atomic mass is 16.5. The zero-order valence-electron chi connectivity index (χ0n) is 27.9. The quantitative estimate of drug-likeness (QED) is 0.142. The van der Waals surface area contributed by atoms with E-state index in [0.29, 0.717) is 49.7 Å². The maximum Gasteiger partial charge on any atom is 0.326 e. The molecule has 1 aliphatic heterocycles. The summed E-state index contributed by atoms with van der Waals surface area (Å²) in [5.41, 5.74) is 5.11. The first kappa shape index (κ1) is 35.1. The van der Waals surface area contributed by atoms with Crippen LogP contribution in [0.4, 0.5) is 0 Å². The zero-order chi connectivity index (χ0) is 34.6. The number of amides is 2. The number of hydrogen-bond donors (Lipinski definition) is 5. The minimum absolute atomic E-state index is 0.0273. The highest BCUT2D eigenvalue weighted by molar-refractivity contribution is 5.92. The average Bonchev–Trinajstić information content (AvgIpc) is 3.12. The second kappa shape index (κ2) is 17.3. The first-order valence-electron chi connectivity index (χ1n) is 16.6.